The van der Waals surface area contributed by atoms with Gasteiger partial charge in [0.2, 0.25) is 0 Å². The average Bonchev–Trinajstić information content (AvgIpc) is 2.63. The van der Waals surface area contributed by atoms with E-state index in [0.29, 0.717) is 23.1 Å². The first-order chi connectivity index (χ1) is 11.7. The van der Waals surface area contributed by atoms with Crippen LogP contribution in [0.5, 0.6) is 0 Å². The molecule has 0 bridgehead atoms. The standard InChI is InChI=1S/C20H17BrN2O/c21-19-13-22-12-11-18(19)20(24)23(14-16-7-3-1-4-8-16)15-17-9-5-2-6-10-17/h1-13H,14-15H2. The zero-order valence-corrected chi connectivity index (χ0v) is 14.7. The Bertz CT molecular complexity index is 765. The van der Waals surface area contributed by atoms with Crippen molar-refractivity contribution in [3.05, 3.63) is 100 Å². The van der Waals surface area contributed by atoms with Crippen LogP contribution in [0.1, 0.15) is 21.5 Å². The zero-order chi connectivity index (χ0) is 16.8. The van der Waals surface area contributed by atoms with Crippen LogP contribution in [0.2, 0.25) is 0 Å². The molecule has 0 aliphatic carbocycles. The van der Waals surface area contributed by atoms with E-state index in [0.717, 1.165) is 11.1 Å². The molecule has 0 saturated heterocycles. The molecule has 0 spiro atoms. The first-order valence-corrected chi connectivity index (χ1v) is 8.50. The van der Waals surface area contributed by atoms with Crippen molar-refractivity contribution in [3.63, 3.8) is 0 Å². The number of amides is 1. The van der Waals surface area contributed by atoms with Gasteiger partial charge < -0.3 is 4.90 Å². The molecule has 0 fully saturated rings. The second kappa shape index (κ2) is 7.88. The van der Waals surface area contributed by atoms with Crippen molar-refractivity contribution in [2.24, 2.45) is 0 Å². The highest BCUT2D eigenvalue weighted by atomic mass is 79.9. The van der Waals surface area contributed by atoms with E-state index in [1.54, 1.807) is 18.5 Å². The predicted molar refractivity (Wildman–Crippen MR) is 98.4 cm³/mol. The first-order valence-electron chi connectivity index (χ1n) is 7.70. The van der Waals surface area contributed by atoms with Gasteiger partial charge in [-0.3, -0.25) is 9.78 Å². The molecule has 0 unspecified atom stereocenters. The van der Waals surface area contributed by atoms with Crippen LogP contribution in [0.3, 0.4) is 0 Å². The summed E-state index contributed by atoms with van der Waals surface area (Å²) in [5, 5.41) is 0. The quantitative estimate of drug-likeness (QED) is 0.643. The van der Waals surface area contributed by atoms with Gasteiger partial charge in [0, 0.05) is 30.0 Å². The average molecular weight is 381 g/mol. The molecule has 0 N–H and O–H groups in total. The Labute approximate surface area is 150 Å². The van der Waals surface area contributed by atoms with Crippen LogP contribution < -0.4 is 0 Å². The highest BCUT2D eigenvalue weighted by Gasteiger charge is 2.19. The summed E-state index contributed by atoms with van der Waals surface area (Å²) < 4.78 is 0.709. The second-order valence-electron chi connectivity index (χ2n) is 5.49. The molecule has 0 atom stereocenters. The lowest BCUT2D eigenvalue weighted by atomic mass is 10.1. The molecular weight excluding hydrogens is 364 g/mol. The first kappa shape index (κ1) is 16.4. The molecule has 0 aliphatic heterocycles. The van der Waals surface area contributed by atoms with Gasteiger partial charge in [0.25, 0.3) is 5.91 Å². The van der Waals surface area contributed by atoms with Gasteiger partial charge in [-0.2, -0.15) is 0 Å². The molecule has 120 valence electrons. The molecule has 1 heterocycles. The fourth-order valence-corrected chi connectivity index (χ4v) is 2.95. The summed E-state index contributed by atoms with van der Waals surface area (Å²) in [6.07, 6.45) is 3.29. The lowest BCUT2D eigenvalue weighted by molar-refractivity contribution is 0.0729. The number of hydrogen-bond donors (Lipinski definition) is 0. The fourth-order valence-electron chi connectivity index (χ4n) is 2.53. The molecule has 3 aromatic rings. The highest BCUT2D eigenvalue weighted by Crippen LogP contribution is 2.19. The van der Waals surface area contributed by atoms with Gasteiger partial charge in [0.05, 0.1) is 5.56 Å². The largest absolute Gasteiger partial charge is 0.330 e. The maximum Gasteiger partial charge on any atom is 0.255 e. The summed E-state index contributed by atoms with van der Waals surface area (Å²) in [6.45, 7) is 1.12. The Hall–Kier alpha value is -2.46. The number of benzene rings is 2. The van der Waals surface area contributed by atoms with Crippen LogP contribution >= 0.6 is 15.9 Å². The van der Waals surface area contributed by atoms with E-state index in [4.69, 9.17) is 0 Å². The van der Waals surface area contributed by atoms with Crippen LogP contribution in [0.4, 0.5) is 0 Å². The minimum absolute atomic E-state index is 0.0167. The van der Waals surface area contributed by atoms with Crippen molar-refractivity contribution in [3.8, 4) is 0 Å². The van der Waals surface area contributed by atoms with Gasteiger partial charge in [-0.1, -0.05) is 60.7 Å². The molecule has 4 heteroatoms. The van der Waals surface area contributed by atoms with Crippen molar-refractivity contribution in [2.75, 3.05) is 0 Å². The van der Waals surface area contributed by atoms with E-state index in [9.17, 15) is 4.79 Å². The molecule has 3 nitrogen and oxygen atoms in total. The summed E-state index contributed by atoms with van der Waals surface area (Å²) in [5.41, 5.74) is 2.83. The predicted octanol–water partition coefficient (Wildman–Crippen LogP) is 4.69. The summed E-state index contributed by atoms with van der Waals surface area (Å²) in [4.78, 5) is 18.9. The van der Waals surface area contributed by atoms with Crippen LogP contribution in [0.25, 0.3) is 0 Å². The summed E-state index contributed by atoms with van der Waals surface area (Å²) in [7, 11) is 0. The molecule has 0 aliphatic rings. The third-order valence-corrected chi connectivity index (χ3v) is 4.35. The van der Waals surface area contributed by atoms with E-state index in [1.165, 1.54) is 0 Å². The molecule has 0 radical (unpaired) electrons. The second-order valence-corrected chi connectivity index (χ2v) is 6.34. The van der Waals surface area contributed by atoms with Gasteiger partial charge in [0.1, 0.15) is 0 Å². The van der Waals surface area contributed by atoms with Crippen LogP contribution in [-0.4, -0.2) is 15.8 Å². The number of hydrogen-bond acceptors (Lipinski definition) is 2. The third-order valence-electron chi connectivity index (χ3n) is 3.72. The van der Waals surface area contributed by atoms with Crippen molar-refractivity contribution in [1.29, 1.82) is 0 Å². The molecule has 3 rings (SSSR count). The Morgan fingerprint density at radius 1 is 0.875 bits per heavy atom. The lowest BCUT2D eigenvalue weighted by Crippen LogP contribution is -2.30. The van der Waals surface area contributed by atoms with Crippen molar-refractivity contribution >= 4 is 21.8 Å². The number of aromatic nitrogens is 1. The molecule has 1 amide bonds. The molecule has 24 heavy (non-hydrogen) atoms. The van der Waals surface area contributed by atoms with E-state index < -0.39 is 0 Å². The monoisotopic (exact) mass is 380 g/mol. The minimum atomic E-state index is -0.0167. The zero-order valence-electron chi connectivity index (χ0n) is 13.1. The number of halogens is 1. The maximum absolute atomic E-state index is 13.0. The summed E-state index contributed by atoms with van der Waals surface area (Å²) in [6, 6.07) is 21.8. The summed E-state index contributed by atoms with van der Waals surface area (Å²) >= 11 is 3.43. The van der Waals surface area contributed by atoms with Crippen LogP contribution in [0, 0.1) is 0 Å². The molecule has 0 saturated carbocycles. The van der Waals surface area contributed by atoms with E-state index in [1.807, 2.05) is 65.6 Å². The van der Waals surface area contributed by atoms with Gasteiger partial charge in [-0.15, -0.1) is 0 Å². The Kier molecular flexibility index (Phi) is 5.39. The number of rotatable bonds is 5. The smallest absolute Gasteiger partial charge is 0.255 e. The minimum Gasteiger partial charge on any atom is -0.330 e. The van der Waals surface area contributed by atoms with Crippen molar-refractivity contribution < 1.29 is 4.79 Å². The number of pyridine rings is 1. The Morgan fingerprint density at radius 3 is 1.92 bits per heavy atom. The molecule has 1 aromatic heterocycles. The number of carbonyl (C=O) groups excluding carboxylic acids is 1. The van der Waals surface area contributed by atoms with Crippen LogP contribution in [-0.2, 0) is 13.1 Å². The third kappa shape index (κ3) is 4.09. The Morgan fingerprint density at radius 2 is 1.42 bits per heavy atom. The number of carbonyl (C=O) groups is 1. The van der Waals surface area contributed by atoms with E-state index in [-0.39, 0.29) is 5.91 Å². The van der Waals surface area contributed by atoms with Gasteiger partial charge in [-0.25, -0.2) is 0 Å². The topological polar surface area (TPSA) is 33.2 Å². The van der Waals surface area contributed by atoms with E-state index >= 15 is 0 Å². The highest BCUT2D eigenvalue weighted by molar-refractivity contribution is 9.10. The van der Waals surface area contributed by atoms with Crippen LogP contribution in [0.15, 0.2) is 83.6 Å². The van der Waals surface area contributed by atoms with Gasteiger partial charge in [0.15, 0.2) is 0 Å². The molecule has 2 aromatic carbocycles. The molecular formula is C20H17BrN2O. The lowest BCUT2D eigenvalue weighted by Gasteiger charge is -2.23. The van der Waals surface area contributed by atoms with Gasteiger partial charge >= 0.3 is 0 Å². The van der Waals surface area contributed by atoms with E-state index in [2.05, 4.69) is 20.9 Å². The summed E-state index contributed by atoms with van der Waals surface area (Å²) in [5.74, 6) is -0.0167. The Balaban J connectivity index is 1.89. The normalized spacial score (nSPS) is 10.4. The SMILES string of the molecule is O=C(c1ccncc1Br)N(Cc1ccccc1)Cc1ccccc1. The number of nitrogens with zero attached hydrogens (tertiary/aromatic N) is 2. The van der Waals surface area contributed by atoms with Crippen molar-refractivity contribution in [2.45, 2.75) is 13.1 Å². The van der Waals surface area contributed by atoms with Crippen molar-refractivity contribution in [1.82, 2.24) is 9.88 Å². The van der Waals surface area contributed by atoms with Gasteiger partial charge in [-0.05, 0) is 33.1 Å². The maximum atomic E-state index is 13.0. The fraction of sp³-hybridized carbons (Fsp3) is 0.100.